The van der Waals surface area contributed by atoms with Crippen molar-refractivity contribution in [2.24, 2.45) is 0 Å². The number of hydrogen-bond acceptors (Lipinski definition) is 7. The number of rotatable bonds is 6. The fourth-order valence-corrected chi connectivity index (χ4v) is 1.83. The highest BCUT2D eigenvalue weighted by Gasteiger charge is 2.28. The first kappa shape index (κ1) is 13.7. The van der Waals surface area contributed by atoms with Gasteiger partial charge in [0.2, 0.25) is 0 Å². The Morgan fingerprint density at radius 3 is 2.68 bits per heavy atom. The number of methoxy groups -OCH3 is 1. The van der Waals surface area contributed by atoms with E-state index >= 15 is 0 Å². The summed E-state index contributed by atoms with van der Waals surface area (Å²) in [6.45, 7) is -0.0323. The van der Waals surface area contributed by atoms with Gasteiger partial charge in [-0.1, -0.05) is 0 Å². The molecule has 0 amide bonds. The van der Waals surface area contributed by atoms with Gasteiger partial charge in [-0.2, -0.15) is 0 Å². The van der Waals surface area contributed by atoms with Crippen LogP contribution in [0.1, 0.15) is 6.42 Å². The Balaban J connectivity index is 2.20. The molecule has 0 aromatic carbocycles. The van der Waals surface area contributed by atoms with Crippen molar-refractivity contribution in [3.8, 4) is 0 Å². The fourth-order valence-electron chi connectivity index (χ4n) is 1.83. The van der Waals surface area contributed by atoms with Crippen molar-refractivity contribution >= 4 is 17.0 Å². The largest absolute Gasteiger partial charge is 0.393 e. The molecule has 0 saturated carbocycles. The number of nitrogens with two attached hydrogens (primary N) is 1. The second kappa shape index (κ2) is 5.47. The van der Waals surface area contributed by atoms with Gasteiger partial charge in [0.25, 0.3) is 0 Å². The van der Waals surface area contributed by atoms with Crippen LogP contribution in [0, 0.1) is 0 Å². The lowest BCUT2D eigenvalue weighted by Crippen LogP contribution is -2.40. The highest BCUT2D eigenvalue weighted by molar-refractivity contribution is 5.80. The van der Waals surface area contributed by atoms with E-state index in [1.54, 1.807) is 10.9 Å². The molecule has 2 aromatic rings. The Hall–Kier alpha value is -1.77. The van der Waals surface area contributed by atoms with Gasteiger partial charge in [0.05, 0.1) is 19.5 Å². The lowest BCUT2D eigenvalue weighted by atomic mass is 10.0. The SMILES string of the molecule is COC(CO)(CO)CCn1cnc2c(N)ncnc21. The minimum Gasteiger partial charge on any atom is -0.393 e. The zero-order valence-electron chi connectivity index (χ0n) is 10.7. The number of fused-ring (bicyclic) bond motifs is 1. The average molecular weight is 267 g/mol. The summed E-state index contributed by atoms with van der Waals surface area (Å²) >= 11 is 0. The zero-order valence-corrected chi connectivity index (χ0v) is 10.7. The maximum absolute atomic E-state index is 9.31. The molecule has 2 rings (SSSR count). The molecule has 2 aromatic heterocycles. The van der Waals surface area contributed by atoms with E-state index in [1.165, 1.54) is 13.4 Å². The highest BCUT2D eigenvalue weighted by Crippen LogP contribution is 2.19. The van der Waals surface area contributed by atoms with Gasteiger partial charge in [-0.25, -0.2) is 15.0 Å². The minimum atomic E-state index is -0.963. The number of nitrogen functional groups attached to an aromatic ring is 1. The molecule has 0 radical (unpaired) electrons. The van der Waals surface area contributed by atoms with E-state index in [4.69, 9.17) is 10.5 Å². The standard InChI is InChI=1S/C11H17N5O3/c1-19-11(4-17,5-18)2-3-16-7-15-8-9(12)13-6-14-10(8)16/h6-7,17-18H,2-5H2,1H3,(H2,12,13,14). The number of aryl methyl sites for hydroxylation is 1. The lowest BCUT2D eigenvalue weighted by Gasteiger charge is -2.28. The van der Waals surface area contributed by atoms with Gasteiger partial charge < -0.3 is 25.3 Å². The first-order valence-electron chi connectivity index (χ1n) is 5.84. The van der Waals surface area contributed by atoms with Crippen LogP contribution in [0.3, 0.4) is 0 Å². The van der Waals surface area contributed by atoms with Gasteiger partial charge in [-0.3, -0.25) is 0 Å². The Morgan fingerprint density at radius 2 is 2.05 bits per heavy atom. The molecule has 0 aliphatic heterocycles. The van der Waals surface area contributed by atoms with Gasteiger partial charge in [-0.15, -0.1) is 0 Å². The Kier molecular flexibility index (Phi) is 3.93. The first-order valence-corrected chi connectivity index (χ1v) is 5.84. The second-order valence-electron chi connectivity index (χ2n) is 4.32. The Morgan fingerprint density at radius 1 is 1.32 bits per heavy atom. The minimum absolute atomic E-state index is 0.260. The van der Waals surface area contributed by atoms with E-state index in [0.29, 0.717) is 29.9 Å². The maximum atomic E-state index is 9.31. The van der Waals surface area contributed by atoms with Gasteiger partial charge in [-0.05, 0) is 6.42 Å². The molecule has 0 saturated heterocycles. The monoisotopic (exact) mass is 267 g/mol. The van der Waals surface area contributed by atoms with Crippen molar-refractivity contribution in [3.63, 3.8) is 0 Å². The number of aliphatic hydroxyl groups is 2. The molecular weight excluding hydrogens is 250 g/mol. The van der Waals surface area contributed by atoms with E-state index in [2.05, 4.69) is 15.0 Å². The number of ether oxygens (including phenoxy) is 1. The average Bonchev–Trinajstić information content (AvgIpc) is 2.86. The summed E-state index contributed by atoms with van der Waals surface area (Å²) in [6.07, 6.45) is 3.40. The molecule has 0 aliphatic carbocycles. The van der Waals surface area contributed by atoms with Crippen LogP contribution in [0.5, 0.6) is 0 Å². The number of aromatic nitrogens is 4. The fraction of sp³-hybridized carbons (Fsp3) is 0.545. The summed E-state index contributed by atoms with van der Waals surface area (Å²) in [7, 11) is 1.46. The topological polar surface area (TPSA) is 119 Å². The normalized spacial score (nSPS) is 12.2. The summed E-state index contributed by atoms with van der Waals surface area (Å²) in [5.41, 5.74) is 5.89. The van der Waals surface area contributed by atoms with E-state index < -0.39 is 5.60 Å². The summed E-state index contributed by atoms with van der Waals surface area (Å²) in [5, 5.41) is 18.6. The van der Waals surface area contributed by atoms with Crippen molar-refractivity contribution in [2.75, 3.05) is 26.1 Å². The molecule has 0 bridgehead atoms. The molecule has 8 nitrogen and oxygen atoms in total. The molecule has 104 valence electrons. The number of hydrogen-bond donors (Lipinski definition) is 3. The zero-order chi connectivity index (χ0) is 13.9. The van der Waals surface area contributed by atoms with Crippen LogP contribution in [0.15, 0.2) is 12.7 Å². The molecule has 2 heterocycles. The number of imidazole rings is 1. The predicted octanol–water partition coefficient (Wildman–Crippen LogP) is -0.832. The van der Waals surface area contributed by atoms with E-state index in [-0.39, 0.29) is 13.2 Å². The maximum Gasteiger partial charge on any atom is 0.165 e. The van der Waals surface area contributed by atoms with Crippen LogP contribution in [0.4, 0.5) is 5.82 Å². The van der Waals surface area contributed by atoms with Crippen LogP contribution in [0.2, 0.25) is 0 Å². The van der Waals surface area contributed by atoms with Gasteiger partial charge in [0, 0.05) is 13.7 Å². The number of anilines is 1. The van der Waals surface area contributed by atoms with Crippen LogP contribution in [-0.4, -0.2) is 55.7 Å². The van der Waals surface area contributed by atoms with Crippen molar-refractivity contribution in [1.82, 2.24) is 19.5 Å². The van der Waals surface area contributed by atoms with E-state index in [9.17, 15) is 10.2 Å². The molecule has 0 fully saturated rings. The quantitative estimate of drug-likeness (QED) is 0.624. The van der Waals surface area contributed by atoms with E-state index in [1.807, 2.05) is 0 Å². The highest BCUT2D eigenvalue weighted by atomic mass is 16.5. The summed E-state index contributed by atoms with van der Waals surface area (Å²) in [6, 6.07) is 0. The summed E-state index contributed by atoms with van der Waals surface area (Å²) in [4.78, 5) is 12.1. The molecule has 0 spiro atoms. The summed E-state index contributed by atoms with van der Waals surface area (Å²) in [5.74, 6) is 0.325. The molecule has 0 unspecified atom stereocenters. The third-order valence-corrected chi connectivity index (χ3v) is 3.25. The van der Waals surface area contributed by atoms with Crippen LogP contribution in [0.25, 0.3) is 11.2 Å². The Labute approximate surface area is 109 Å². The summed E-state index contributed by atoms with van der Waals surface area (Å²) < 4.78 is 6.96. The van der Waals surface area contributed by atoms with Gasteiger partial charge in [0.15, 0.2) is 11.5 Å². The van der Waals surface area contributed by atoms with Gasteiger partial charge in [0.1, 0.15) is 17.4 Å². The smallest absolute Gasteiger partial charge is 0.165 e. The molecule has 4 N–H and O–H groups in total. The molecule has 0 aliphatic rings. The molecule has 19 heavy (non-hydrogen) atoms. The third-order valence-electron chi connectivity index (χ3n) is 3.25. The van der Waals surface area contributed by atoms with E-state index in [0.717, 1.165) is 0 Å². The van der Waals surface area contributed by atoms with Crippen LogP contribution in [-0.2, 0) is 11.3 Å². The Bertz CT molecular complexity index is 544. The first-order chi connectivity index (χ1) is 9.15. The number of aliphatic hydroxyl groups excluding tert-OH is 2. The predicted molar refractivity (Wildman–Crippen MR) is 68.3 cm³/mol. The van der Waals surface area contributed by atoms with Crippen molar-refractivity contribution in [1.29, 1.82) is 0 Å². The van der Waals surface area contributed by atoms with Crippen molar-refractivity contribution in [3.05, 3.63) is 12.7 Å². The molecule has 8 heteroatoms. The lowest BCUT2D eigenvalue weighted by molar-refractivity contribution is -0.0918. The second-order valence-corrected chi connectivity index (χ2v) is 4.32. The van der Waals surface area contributed by atoms with Crippen molar-refractivity contribution < 1.29 is 14.9 Å². The van der Waals surface area contributed by atoms with Crippen LogP contribution >= 0.6 is 0 Å². The van der Waals surface area contributed by atoms with Crippen molar-refractivity contribution in [2.45, 2.75) is 18.6 Å². The molecular formula is C11H17N5O3. The van der Waals surface area contributed by atoms with Crippen LogP contribution < -0.4 is 5.73 Å². The third kappa shape index (κ3) is 2.50. The molecule has 0 atom stereocenters. The number of nitrogens with zero attached hydrogens (tertiary/aromatic N) is 4. The van der Waals surface area contributed by atoms with Gasteiger partial charge >= 0.3 is 0 Å².